The smallest absolute Gasteiger partial charge is 0.360 e. The van der Waals surface area contributed by atoms with E-state index in [0.29, 0.717) is 6.42 Å². The van der Waals surface area contributed by atoms with Gasteiger partial charge in [-0.2, -0.15) is 4.98 Å². The Labute approximate surface area is 123 Å². The number of aromatic nitrogens is 1. The first-order valence-electron chi connectivity index (χ1n) is 6.82. The van der Waals surface area contributed by atoms with Gasteiger partial charge in [-0.15, -0.1) is 0 Å². The first kappa shape index (κ1) is 17.0. The van der Waals surface area contributed by atoms with Gasteiger partial charge < -0.3 is 19.6 Å². The molecule has 7 heteroatoms. The Balaban J connectivity index is 2.60. The molecule has 2 N–H and O–H groups in total. The number of nitrogens with zero attached hydrogens (tertiary/aromatic N) is 1. The summed E-state index contributed by atoms with van der Waals surface area (Å²) in [6.45, 7) is 8.06. The number of hydrogen-bond donors (Lipinski definition) is 2. The minimum absolute atomic E-state index is 0.0575. The van der Waals surface area contributed by atoms with E-state index in [1.165, 1.54) is 6.26 Å². The summed E-state index contributed by atoms with van der Waals surface area (Å²) in [7, 11) is 0. The molecular formula is C14H22N2O5. The van der Waals surface area contributed by atoms with E-state index in [1.807, 2.05) is 20.8 Å². The Hall–Kier alpha value is -2.05. The summed E-state index contributed by atoms with van der Waals surface area (Å²) in [6.07, 6.45) is 1.70. The lowest BCUT2D eigenvalue weighted by Gasteiger charge is -2.23. The van der Waals surface area contributed by atoms with Crippen molar-refractivity contribution in [2.75, 3.05) is 18.5 Å². The Morgan fingerprint density at radius 3 is 2.67 bits per heavy atom. The SMILES string of the molecule is CCOC(=O)c1coc(NCC(CC(C)(C)C)C(=O)O)n1. The molecule has 0 aliphatic carbocycles. The van der Waals surface area contributed by atoms with Crippen LogP contribution in [0.2, 0.25) is 0 Å². The number of anilines is 1. The third kappa shape index (κ3) is 5.85. The van der Waals surface area contributed by atoms with E-state index in [9.17, 15) is 14.7 Å². The first-order valence-corrected chi connectivity index (χ1v) is 6.82. The van der Waals surface area contributed by atoms with Gasteiger partial charge in [-0.05, 0) is 18.8 Å². The number of carboxylic acid groups (broad SMARTS) is 1. The van der Waals surface area contributed by atoms with Gasteiger partial charge in [0.05, 0.1) is 12.5 Å². The summed E-state index contributed by atoms with van der Waals surface area (Å²) in [5.74, 6) is -2.02. The molecule has 0 aliphatic rings. The van der Waals surface area contributed by atoms with Crippen LogP contribution in [0.15, 0.2) is 10.7 Å². The molecule has 1 aromatic rings. The number of hydrogen-bond acceptors (Lipinski definition) is 6. The van der Waals surface area contributed by atoms with Gasteiger partial charge in [0.2, 0.25) is 0 Å². The van der Waals surface area contributed by atoms with E-state index in [4.69, 9.17) is 9.15 Å². The highest BCUT2D eigenvalue weighted by atomic mass is 16.5. The van der Waals surface area contributed by atoms with E-state index in [1.54, 1.807) is 6.92 Å². The number of carboxylic acids is 1. The molecule has 0 saturated carbocycles. The lowest BCUT2D eigenvalue weighted by atomic mass is 9.84. The second-order valence-corrected chi connectivity index (χ2v) is 5.94. The van der Waals surface area contributed by atoms with Gasteiger partial charge in [-0.3, -0.25) is 4.79 Å². The lowest BCUT2D eigenvalue weighted by Crippen LogP contribution is -2.27. The summed E-state index contributed by atoms with van der Waals surface area (Å²) in [5, 5.41) is 12.0. The molecule has 0 amide bonds. The zero-order chi connectivity index (χ0) is 16.0. The highest BCUT2D eigenvalue weighted by Gasteiger charge is 2.25. The maximum absolute atomic E-state index is 11.4. The van der Waals surface area contributed by atoms with Crippen molar-refractivity contribution in [2.24, 2.45) is 11.3 Å². The van der Waals surface area contributed by atoms with Gasteiger partial charge >= 0.3 is 11.9 Å². The van der Waals surface area contributed by atoms with E-state index in [-0.39, 0.29) is 30.3 Å². The van der Waals surface area contributed by atoms with Crippen LogP contribution in [0.1, 0.15) is 44.6 Å². The molecule has 7 nitrogen and oxygen atoms in total. The topological polar surface area (TPSA) is 102 Å². The molecule has 1 unspecified atom stereocenters. The Morgan fingerprint density at radius 2 is 2.14 bits per heavy atom. The first-order chi connectivity index (χ1) is 9.73. The molecule has 0 radical (unpaired) electrons. The largest absolute Gasteiger partial charge is 0.481 e. The second-order valence-electron chi connectivity index (χ2n) is 5.94. The standard InChI is InChI=1S/C14H22N2O5/c1-5-20-12(19)10-8-21-13(16-10)15-7-9(11(17)18)6-14(2,3)4/h8-9H,5-7H2,1-4H3,(H,15,16)(H,17,18). The molecule has 0 aromatic carbocycles. The molecule has 0 saturated heterocycles. The number of oxazole rings is 1. The second kappa shape index (κ2) is 7.10. The summed E-state index contributed by atoms with van der Waals surface area (Å²) < 4.78 is 9.86. The minimum atomic E-state index is -0.880. The number of carbonyl (C=O) groups excluding carboxylic acids is 1. The predicted octanol–water partition coefficient (Wildman–Crippen LogP) is 2.40. The van der Waals surface area contributed by atoms with Crippen LogP contribution < -0.4 is 5.32 Å². The fourth-order valence-electron chi connectivity index (χ4n) is 1.85. The number of rotatable bonds is 7. The van der Waals surface area contributed by atoms with Crippen LogP contribution in [0.3, 0.4) is 0 Å². The number of esters is 1. The maximum Gasteiger partial charge on any atom is 0.360 e. The van der Waals surface area contributed by atoms with E-state index < -0.39 is 17.9 Å². The van der Waals surface area contributed by atoms with Gasteiger partial charge in [-0.1, -0.05) is 20.8 Å². The van der Waals surface area contributed by atoms with Crippen molar-refractivity contribution in [3.63, 3.8) is 0 Å². The van der Waals surface area contributed by atoms with Gasteiger partial charge in [0, 0.05) is 6.54 Å². The minimum Gasteiger partial charge on any atom is -0.481 e. The van der Waals surface area contributed by atoms with Crippen LogP contribution in [0.4, 0.5) is 6.01 Å². The molecule has 118 valence electrons. The number of nitrogens with one attached hydrogen (secondary N) is 1. The molecule has 1 atom stereocenters. The maximum atomic E-state index is 11.4. The molecule has 1 aromatic heterocycles. The number of aliphatic carboxylic acids is 1. The van der Waals surface area contributed by atoms with Crippen molar-refractivity contribution >= 4 is 18.0 Å². The third-order valence-electron chi connectivity index (χ3n) is 2.70. The van der Waals surface area contributed by atoms with Gasteiger partial charge in [0.25, 0.3) is 6.01 Å². The molecule has 0 bridgehead atoms. The van der Waals surface area contributed by atoms with Crippen molar-refractivity contribution in [1.29, 1.82) is 0 Å². The van der Waals surface area contributed by atoms with Crippen molar-refractivity contribution < 1.29 is 23.8 Å². The quantitative estimate of drug-likeness (QED) is 0.745. The van der Waals surface area contributed by atoms with Gasteiger partial charge in [0.15, 0.2) is 5.69 Å². The number of ether oxygens (including phenoxy) is 1. The number of carbonyl (C=O) groups is 2. The predicted molar refractivity (Wildman–Crippen MR) is 76.1 cm³/mol. The van der Waals surface area contributed by atoms with Crippen molar-refractivity contribution in [1.82, 2.24) is 4.98 Å². The van der Waals surface area contributed by atoms with Crippen molar-refractivity contribution in [3.05, 3.63) is 12.0 Å². The third-order valence-corrected chi connectivity index (χ3v) is 2.70. The van der Waals surface area contributed by atoms with Crippen molar-refractivity contribution in [3.8, 4) is 0 Å². The van der Waals surface area contributed by atoms with Gasteiger partial charge in [-0.25, -0.2) is 4.79 Å². The fraction of sp³-hybridized carbons (Fsp3) is 0.643. The fourth-order valence-corrected chi connectivity index (χ4v) is 1.85. The molecule has 1 heterocycles. The molecule has 0 fully saturated rings. The van der Waals surface area contributed by atoms with Crippen LogP contribution in [0, 0.1) is 11.3 Å². The van der Waals surface area contributed by atoms with Crippen molar-refractivity contribution in [2.45, 2.75) is 34.1 Å². The van der Waals surface area contributed by atoms with Crippen LogP contribution in [-0.2, 0) is 9.53 Å². The summed E-state index contributed by atoms with van der Waals surface area (Å²) in [4.78, 5) is 26.6. The van der Waals surface area contributed by atoms with Crippen LogP contribution in [-0.4, -0.2) is 35.2 Å². The molecule has 21 heavy (non-hydrogen) atoms. The van der Waals surface area contributed by atoms with E-state index >= 15 is 0 Å². The van der Waals surface area contributed by atoms with E-state index in [2.05, 4.69) is 10.3 Å². The average Bonchev–Trinajstić information content (AvgIpc) is 2.82. The van der Waals surface area contributed by atoms with Gasteiger partial charge in [0.1, 0.15) is 6.26 Å². The monoisotopic (exact) mass is 298 g/mol. The lowest BCUT2D eigenvalue weighted by molar-refractivity contribution is -0.142. The Morgan fingerprint density at radius 1 is 1.48 bits per heavy atom. The summed E-state index contributed by atoms with van der Waals surface area (Å²) in [6, 6.07) is 0.109. The Bertz CT molecular complexity index is 490. The molecule has 1 rings (SSSR count). The summed E-state index contributed by atoms with van der Waals surface area (Å²) >= 11 is 0. The summed E-state index contributed by atoms with van der Waals surface area (Å²) in [5.41, 5.74) is -0.0423. The zero-order valence-electron chi connectivity index (χ0n) is 12.8. The van der Waals surface area contributed by atoms with Crippen LogP contribution >= 0.6 is 0 Å². The average molecular weight is 298 g/mol. The molecule has 0 aliphatic heterocycles. The van der Waals surface area contributed by atoms with E-state index in [0.717, 1.165) is 0 Å². The van der Waals surface area contributed by atoms with Crippen LogP contribution in [0.5, 0.6) is 0 Å². The normalized spacial score (nSPS) is 12.8. The Kier molecular flexibility index (Phi) is 5.75. The van der Waals surface area contributed by atoms with Crippen LogP contribution in [0.25, 0.3) is 0 Å². The highest BCUT2D eigenvalue weighted by molar-refractivity contribution is 5.87. The molecule has 0 spiro atoms. The molecular weight excluding hydrogens is 276 g/mol. The zero-order valence-corrected chi connectivity index (χ0v) is 12.8. The highest BCUT2D eigenvalue weighted by Crippen LogP contribution is 2.25.